The summed E-state index contributed by atoms with van der Waals surface area (Å²) >= 11 is 0. The molecule has 0 spiro atoms. The first kappa shape index (κ1) is 20.8. The zero-order valence-electron chi connectivity index (χ0n) is 15.8. The number of benzene rings is 1. The van der Waals surface area contributed by atoms with Crippen LogP contribution in [0.15, 0.2) is 18.2 Å². The quantitative estimate of drug-likeness (QED) is 0.796. The number of aromatic hydroxyl groups is 1. The molecule has 0 radical (unpaired) electrons. The van der Waals surface area contributed by atoms with Gasteiger partial charge >= 0.3 is 6.18 Å². The lowest BCUT2D eigenvalue weighted by molar-refractivity contribution is -0.138. The van der Waals surface area contributed by atoms with Gasteiger partial charge in [0.25, 0.3) is 0 Å². The van der Waals surface area contributed by atoms with Gasteiger partial charge in [-0.15, -0.1) is 10.2 Å². The van der Waals surface area contributed by atoms with Crippen LogP contribution in [-0.4, -0.2) is 63.4 Å². The van der Waals surface area contributed by atoms with Crippen LogP contribution in [-0.2, 0) is 15.7 Å². The van der Waals surface area contributed by atoms with Crippen LogP contribution in [0.2, 0.25) is 0 Å². The molecule has 1 aliphatic heterocycles. The number of aromatic nitrogens is 3. The number of nitrogens with one attached hydrogen (secondary N) is 1. The number of carbonyl (C=O) groups is 1. The van der Waals surface area contributed by atoms with E-state index < -0.39 is 17.5 Å². The van der Waals surface area contributed by atoms with Crippen molar-refractivity contribution in [3.63, 3.8) is 0 Å². The molecule has 2 N–H and O–H groups in total. The van der Waals surface area contributed by atoms with Gasteiger partial charge in [0.2, 0.25) is 11.9 Å². The van der Waals surface area contributed by atoms with Crippen LogP contribution < -0.4 is 5.32 Å². The summed E-state index contributed by atoms with van der Waals surface area (Å²) in [4.78, 5) is 17.7. The maximum Gasteiger partial charge on any atom is 0.416 e. The number of nitrogens with zero attached hydrogens (tertiary/aromatic N) is 4. The molecule has 0 bridgehead atoms. The molecule has 1 aromatic heterocycles. The molecule has 1 aromatic carbocycles. The standard InChI is InChI=1S/C18H20F3N5O3/c1-10-16(14-4-3-12(7-15(14)28)18(19,20)21)24-25-17(23-10)22-8-13-9-29-6-5-26(13)11(2)27/h3-4,7,13,28H,5-6,8-9H2,1-2H3,(H,22,23,25)/t13-/m0/s1. The van der Waals surface area contributed by atoms with Crippen LogP contribution in [0.25, 0.3) is 11.3 Å². The molecule has 0 aliphatic carbocycles. The van der Waals surface area contributed by atoms with Crippen molar-refractivity contribution in [3.8, 4) is 17.0 Å². The summed E-state index contributed by atoms with van der Waals surface area (Å²) in [6, 6.07) is 2.46. The van der Waals surface area contributed by atoms with Crippen molar-refractivity contribution in [2.45, 2.75) is 26.1 Å². The van der Waals surface area contributed by atoms with Crippen LogP contribution in [0.1, 0.15) is 18.2 Å². The van der Waals surface area contributed by atoms with Gasteiger partial charge in [-0.05, 0) is 25.1 Å². The number of phenols is 1. The van der Waals surface area contributed by atoms with Crippen LogP contribution in [0.3, 0.4) is 0 Å². The van der Waals surface area contributed by atoms with Crippen molar-refractivity contribution in [3.05, 3.63) is 29.5 Å². The summed E-state index contributed by atoms with van der Waals surface area (Å²) in [7, 11) is 0. The van der Waals surface area contributed by atoms with E-state index in [1.54, 1.807) is 11.8 Å². The largest absolute Gasteiger partial charge is 0.507 e. The summed E-state index contributed by atoms with van der Waals surface area (Å²) in [5, 5.41) is 20.9. The highest BCUT2D eigenvalue weighted by molar-refractivity contribution is 5.73. The Hall–Kier alpha value is -2.95. The highest BCUT2D eigenvalue weighted by Gasteiger charge is 2.31. The predicted octanol–water partition coefficient (Wildman–Crippen LogP) is 2.23. The topological polar surface area (TPSA) is 100 Å². The monoisotopic (exact) mass is 411 g/mol. The Labute approximate surface area is 164 Å². The first-order valence-electron chi connectivity index (χ1n) is 8.87. The second kappa shape index (κ2) is 8.19. The Bertz CT molecular complexity index is 907. The van der Waals surface area contributed by atoms with Crippen molar-refractivity contribution in [2.24, 2.45) is 0 Å². The molecule has 3 rings (SSSR count). The maximum absolute atomic E-state index is 12.8. The Morgan fingerprint density at radius 3 is 2.76 bits per heavy atom. The molecule has 11 heteroatoms. The van der Waals surface area contributed by atoms with Gasteiger partial charge in [-0.2, -0.15) is 13.2 Å². The molecule has 8 nitrogen and oxygen atoms in total. The number of hydrogen-bond donors (Lipinski definition) is 2. The minimum Gasteiger partial charge on any atom is -0.507 e. The van der Waals surface area contributed by atoms with E-state index in [-0.39, 0.29) is 29.2 Å². The third-order valence-corrected chi connectivity index (χ3v) is 4.57. The van der Waals surface area contributed by atoms with E-state index >= 15 is 0 Å². The molecule has 1 fully saturated rings. The molecule has 29 heavy (non-hydrogen) atoms. The third kappa shape index (κ3) is 4.73. The first-order chi connectivity index (χ1) is 13.7. The average molecular weight is 411 g/mol. The van der Waals surface area contributed by atoms with E-state index in [1.165, 1.54) is 6.92 Å². The fraction of sp³-hybridized carbons (Fsp3) is 0.444. The number of alkyl halides is 3. The fourth-order valence-corrected chi connectivity index (χ4v) is 3.08. The number of morpholine rings is 1. The van der Waals surface area contributed by atoms with Crippen LogP contribution in [0, 0.1) is 6.92 Å². The first-order valence-corrected chi connectivity index (χ1v) is 8.87. The van der Waals surface area contributed by atoms with E-state index in [2.05, 4.69) is 20.5 Å². The number of ether oxygens (including phenoxy) is 1. The van der Waals surface area contributed by atoms with Crippen LogP contribution >= 0.6 is 0 Å². The third-order valence-electron chi connectivity index (χ3n) is 4.57. The molecule has 1 atom stereocenters. The zero-order valence-corrected chi connectivity index (χ0v) is 15.8. The van der Waals surface area contributed by atoms with Crippen molar-refractivity contribution in [1.29, 1.82) is 0 Å². The molecule has 0 saturated carbocycles. The second-order valence-electron chi connectivity index (χ2n) is 6.62. The van der Waals surface area contributed by atoms with Crippen molar-refractivity contribution in [1.82, 2.24) is 20.1 Å². The highest BCUT2D eigenvalue weighted by atomic mass is 19.4. The van der Waals surface area contributed by atoms with Crippen LogP contribution in [0.4, 0.5) is 19.1 Å². The lowest BCUT2D eigenvalue weighted by atomic mass is 10.1. The minimum absolute atomic E-state index is 0.0524. The minimum atomic E-state index is -4.56. The normalized spacial score (nSPS) is 17.3. The van der Waals surface area contributed by atoms with Gasteiger partial charge in [-0.3, -0.25) is 4.79 Å². The second-order valence-corrected chi connectivity index (χ2v) is 6.62. The number of carbonyl (C=O) groups excluding carboxylic acids is 1. The summed E-state index contributed by atoms with van der Waals surface area (Å²) in [6.07, 6.45) is -4.56. The molecular weight excluding hydrogens is 391 g/mol. The molecule has 1 aliphatic rings. The van der Waals surface area contributed by atoms with Gasteiger partial charge in [-0.1, -0.05) is 0 Å². The highest BCUT2D eigenvalue weighted by Crippen LogP contribution is 2.36. The lowest BCUT2D eigenvalue weighted by Gasteiger charge is -2.34. The Morgan fingerprint density at radius 1 is 1.38 bits per heavy atom. The molecule has 2 heterocycles. The average Bonchev–Trinajstić information content (AvgIpc) is 2.66. The molecule has 2 aromatic rings. The van der Waals surface area contributed by atoms with E-state index in [0.29, 0.717) is 38.1 Å². The van der Waals surface area contributed by atoms with Gasteiger partial charge < -0.3 is 20.1 Å². The number of phenolic OH excluding ortho intramolecular Hbond substituents is 1. The Kier molecular flexibility index (Phi) is 5.87. The smallest absolute Gasteiger partial charge is 0.416 e. The summed E-state index contributed by atoms with van der Waals surface area (Å²) < 4.78 is 43.7. The van der Waals surface area contributed by atoms with Crippen LogP contribution in [0.5, 0.6) is 5.75 Å². The molecule has 0 unspecified atom stereocenters. The molecular formula is C18H20F3N5O3. The van der Waals surface area contributed by atoms with Crippen molar-refractivity contribution >= 4 is 11.9 Å². The van der Waals surface area contributed by atoms with Crippen molar-refractivity contribution in [2.75, 3.05) is 31.6 Å². The predicted molar refractivity (Wildman–Crippen MR) is 97.2 cm³/mol. The Balaban J connectivity index is 1.74. The molecule has 1 amide bonds. The SMILES string of the molecule is CC(=O)N1CCOC[C@@H]1CNc1nnc(-c2ccc(C(F)(F)F)cc2O)c(C)n1. The van der Waals surface area contributed by atoms with Gasteiger partial charge in [0.15, 0.2) is 0 Å². The number of aryl methyl sites for hydroxylation is 1. The number of anilines is 1. The number of rotatable bonds is 4. The van der Waals surface area contributed by atoms with E-state index in [4.69, 9.17) is 4.74 Å². The number of hydrogen-bond acceptors (Lipinski definition) is 7. The summed E-state index contributed by atoms with van der Waals surface area (Å²) in [6.45, 7) is 4.83. The lowest BCUT2D eigenvalue weighted by Crippen LogP contribution is -2.51. The summed E-state index contributed by atoms with van der Waals surface area (Å²) in [5.74, 6) is -0.411. The van der Waals surface area contributed by atoms with Gasteiger partial charge in [-0.25, -0.2) is 4.98 Å². The fourth-order valence-electron chi connectivity index (χ4n) is 3.08. The number of halogens is 3. The zero-order chi connectivity index (χ0) is 21.2. The molecule has 1 saturated heterocycles. The van der Waals surface area contributed by atoms with Crippen molar-refractivity contribution < 1.29 is 27.8 Å². The maximum atomic E-state index is 12.8. The van der Waals surface area contributed by atoms with E-state index in [1.807, 2.05) is 0 Å². The molecule has 156 valence electrons. The van der Waals surface area contributed by atoms with Gasteiger partial charge in [0.05, 0.1) is 30.5 Å². The van der Waals surface area contributed by atoms with Gasteiger partial charge in [0, 0.05) is 25.6 Å². The Morgan fingerprint density at radius 2 is 2.14 bits per heavy atom. The number of amides is 1. The van der Waals surface area contributed by atoms with E-state index in [9.17, 15) is 23.1 Å². The van der Waals surface area contributed by atoms with Gasteiger partial charge in [0.1, 0.15) is 11.4 Å². The van der Waals surface area contributed by atoms with E-state index in [0.717, 1.165) is 12.1 Å². The summed E-state index contributed by atoms with van der Waals surface area (Å²) in [5.41, 5.74) is -0.306.